The molecule has 2 unspecified atom stereocenters. The second-order valence-corrected chi connectivity index (χ2v) is 3.68. The molecule has 16 heavy (non-hydrogen) atoms. The molecule has 8 heteroatoms. The standard InChI is InChI=1S/C8H10F6O2/c1-3-4-6(9)5(2,7(10,11)12)15-8(13,14)16-6/h3-4H2,1-2H3. The maximum absolute atomic E-state index is 13.8. The van der Waals surface area contributed by atoms with Crippen LogP contribution in [0.1, 0.15) is 26.7 Å². The van der Waals surface area contributed by atoms with Gasteiger partial charge in [-0.3, -0.25) is 9.47 Å². The van der Waals surface area contributed by atoms with Crippen LogP contribution in [0.25, 0.3) is 0 Å². The molecule has 1 saturated heterocycles. The zero-order valence-electron chi connectivity index (χ0n) is 8.50. The Morgan fingerprint density at radius 1 is 1.06 bits per heavy atom. The van der Waals surface area contributed by atoms with E-state index in [2.05, 4.69) is 9.47 Å². The molecule has 1 aliphatic heterocycles. The third kappa shape index (κ3) is 1.88. The van der Waals surface area contributed by atoms with E-state index < -0.39 is 30.3 Å². The summed E-state index contributed by atoms with van der Waals surface area (Å²) in [7, 11) is 0. The molecule has 0 aromatic rings. The molecule has 0 aromatic heterocycles. The minimum Gasteiger partial charge on any atom is -0.273 e. The zero-order valence-corrected chi connectivity index (χ0v) is 8.50. The molecule has 0 bridgehead atoms. The Balaban J connectivity index is 3.15. The summed E-state index contributed by atoms with van der Waals surface area (Å²) in [5, 5.41) is 0. The van der Waals surface area contributed by atoms with Crippen molar-refractivity contribution in [3.8, 4) is 0 Å². The van der Waals surface area contributed by atoms with Crippen LogP contribution in [0.15, 0.2) is 0 Å². The smallest absolute Gasteiger partial charge is 0.273 e. The third-order valence-electron chi connectivity index (χ3n) is 2.43. The molecule has 0 aliphatic carbocycles. The zero-order chi connectivity index (χ0) is 12.8. The number of rotatable bonds is 2. The molecule has 2 nitrogen and oxygen atoms in total. The van der Waals surface area contributed by atoms with E-state index in [0.29, 0.717) is 0 Å². The van der Waals surface area contributed by atoms with Crippen molar-refractivity contribution in [3.63, 3.8) is 0 Å². The van der Waals surface area contributed by atoms with Crippen LogP contribution in [0.4, 0.5) is 26.3 Å². The molecule has 0 spiro atoms. The van der Waals surface area contributed by atoms with E-state index in [-0.39, 0.29) is 13.3 Å². The first-order chi connectivity index (χ1) is 6.97. The highest BCUT2D eigenvalue weighted by atomic mass is 19.4. The van der Waals surface area contributed by atoms with Crippen molar-refractivity contribution < 1.29 is 35.8 Å². The molecule has 2 atom stereocenters. The Morgan fingerprint density at radius 2 is 1.56 bits per heavy atom. The Morgan fingerprint density at radius 3 is 1.94 bits per heavy atom. The molecule has 0 aromatic carbocycles. The molecule has 1 rings (SSSR count). The minimum atomic E-state index is -5.29. The van der Waals surface area contributed by atoms with Gasteiger partial charge in [-0.25, -0.2) is 4.39 Å². The lowest BCUT2D eigenvalue weighted by Gasteiger charge is -2.34. The second-order valence-electron chi connectivity index (χ2n) is 3.68. The van der Waals surface area contributed by atoms with Gasteiger partial charge in [0.1, 0.15) is 0 Å². The maximum atomic E-state index is 13.8. The first kappa shape index (κ1) is 13.6. The van der Waals surface area contributed by atoms with Crippen molar-refractivity contribution in [2.75, 3.05) is 0 Å². The fourth-order valence-corrected chi connectivity index (χ4v) is 1.50. The van der Waals surface area contributed by atoms with Gasteiger partial charge in [-0.1, -0.05) is 13.3 Å². The summed E-state index contributed by atoms with van der Waals surface area (Å²) in [5.74, 6) is -3.58. The summed E-state index contributed by atoms with van der Waals surface area (Å²) in [6.45, 7) is 1.56. The van der Waals surface area contributed by atoms with Gasteiger partial charge in [0.25, 0.3) is 5.85 Å². The van der Waals surface area contributed by atoms with Crippen molar-refractivity contribution in [1.82, 2.24) is 0 Å². The van der Waals surface area contributed by atoms with Crippen molar-refractivity contribution in [1.29, 1.82) is 0 Å². The fourth-order valence-electron chi connectivity index (χ4n) is 1.50. The molecule has 0 amide bonds. The van der Waals surface area contributed by atoms with Crippen molar-refractivity contribution >= 4 is 0 Å². The molecule has 1 heterocycles. The number of ether oxygens (including phenoxy) is 2. The van der Waals surface area contributed by atoms with Gasteiger partial charge in [-0.05, 0) is 6.92 Å². The van der Waals surface area contributed by atoms with E-state index in [1.165, 1.54) is 6.92 Å². The third-order valence-corrected chi connectivity index (χ3v) is 2.43. The van der Waals surface area contributed by atoms with E-state index in [0.717, 1.165) is 0 Å². The summed E-state index contributed by atoms with van der Waals surface area (Å²) in [5.41, 5.74) is -3.67. The minimum absolute atomic E-state index is 0.0956. The van der Waals surface area contributed by atoms with Gasteiger partial charge in [-0.15, -0.1) is 8.78 Å². The van der Waals surface area contributed by atoms with Crippen molar-refractivity contribution in [3.05, 3.63) is 0 Å². The maximum Gasteiger partial charge on any atom is 0.489 e. The molecular weight excluding hydrogens is 242 g/mol. The first-order valence-electron chi connectivity index (χ1n) is 4.51. The van der Waals surface area contributed by atoms with Gasteiger partial charge in [-0.2, -0.15) is 13.2 Å². The average Bonchev–Trinajstić information content (AvgIpc) is 2.17. The van der Waals surface area contributed by atoms with Crippen molar-refractivity contribution in [2.24, 2.45) is 0 Å². The highest BCUT2D eigenvalue weighted by molar-refractivity contribution is 5.01. The molecule has 0 N–H and O–H groups in total. The largest absolute Gasteiger partial charge is 0.489 e. The first-order valence-corrected chi connectivity index (χ1v) is 4.51. The molecule has 0 radical (unpaired) electrons. The number of alkyl halides is 6. The predicted molar refractivity (Wildman–Crippen MR) is 40.3 cm³/mol. The van der Waals surface area contributed by atoms with Gasteiger partial charge in [0, 0.05) is 6.42 Å². The summed E-state index contributed by atoms with van der Waals surface area (Å²) in [6.07, 6.45) is -10.8. The summed E-state index contributed by atoms with van der Waals surface area (Å²) >= 11 is 0. The highest BCUT2D eigenvalue weighted by Gasteiger charge is 2.77. The van der Waals surface area contributed by atoms with E-state index >= 15 is 0 Å². The van der Waals surface area contributed by atoms with Crippen LogP contribution in [0.2, 0.25) is 0 Å². The molecule has 0 saturated carbocycles. The average molecular weight is 252 g/mol. The van der Waals surface area contributed by atoms with Gasteiger partial charge >= 0.3 is 12.5 Å². The quantitative estimate of drug-likeness (QED) is 0.701. The van der Waals surface area contributed by atoms with Gasteiger partial charge < -0.3 is 0 Å². The predicted octanol–water partition coefficient (Wildman–Crippen LogP) is 3.37. The fraction of sp³-hybridized carbons (Fsp3) is 1.00. The van der Waals surface area contributed by atoms with Gasteiger partial charge in [0.2, 0.25) is 5.60 Å². The van der Waals surface area contributed by atoms with E-state index in [1.54, 1.807) is 0 Å². The van der Waals surface area contributed by atoms with Gasteiger partial charge in [0.05, 0.1) is 0 Å². The molecular formula is C8H10F6O2. The SMILES string of the molecule is CCCC1(F)OC(F)(F)OC1(C)C(F)(F)F. The Hall–Kier alpha value is -0.500. The van der Waals surface area contributed by atoms with Crippen LogP contribution in [0, 0.1) is 0 Å². The van der Waals surface area contributed by atoms with Gasteiger partial charge in [0.15, 0.2) is 0 Å². The molecule has 1 aliphatic rings. The Bertz CT molecular complexity index is 278. The number of halogens is 6. The highest BCUT2D eigenvalue weighted by Crippen LogP contribution is 2.55. The van der Waals surface area contributed by atoms with Crippen LogP contribution in [-0.4, -0.2) is 23.9 Å². The lowest BCUT2D eigenvalue weighted by Crippen LogP contribution is -2.56. The van der Waals surface area contributed by atoms with Crippen LogP contribution in [0.3, 0.4) is 0 Å². The summed E-state index contributed by atoms with van der Waals surface area (Å²) in [6, 6.07) is 0. The number of hydrogen-bond donors (Lipinski definition) is 0. The monoisotopic (exact) mass is 252 g/mol. The van der Waals surface area contributed by atoms with Crippen molar-refractivity contribution in [2.45, 2.75) is 50.6 Å². The van der Waals surface area contributed by atoms with E-state index in [1.807, 2.05) is 0 Å². The lowest BCUT2D eigenvalue weighted by molar-refractivity contribution is -0.382. The van der Waals surface area contributed by atoms with Crippen LogP contribution < -0.4 is 0 Å². The van der Waals surface area contributed by atoms with Crippen LogP contribution in [0.5, 0.6) is 0 Å². The summed E-state index contributed by atoms with van der Waals surface area (Å²) in [4.78, 5) is 0. The second kappa shape index (κ2) is 3.49. The molecule has 1 fully saturated rings. The summed E-state index contributed by atoms with van der Waals surface area (Å²) < 4.78 is 83.5. The van der Waals surface area contributed by atoms with Crippen LogP contribution >= 0.6 is 0 Å². The Kier molecular flexibility index (Phi) is 2.96. The van der Waals surface area contributed by atoms with E-state index in [4.69, 9.17) is 0 Å². The van der Waals surface area contributed by atoms with Crippen LogP contribution in [-0.2, 0) is 9.47 Å². The lowest BCUT2D eigenvalue weighted by atomic mass is 9.92. The Labute approximate surface area is 87.5 Å². The number of hydrogen-bond acceptors (Lipinski definition) is 2. The topological polar surface area (TPSA) is 18.5 Å². The molecule has 96 valence electrons. The normalized spacial score (nSPS) is 39.0. The van der Waals surface area contributed by atoms with E-state index in [9.17, 15) is 26.3 Å².